The standard InChI is InChI=1S/C16H16N6O/c17-16(23)13-8-19-14-9-20-15(10-22(13)14)21-7-3-5-12(21)11-4-1-2-6-18-11/h1-2,4,6,8-10,12H,3,5,7H2,(H2,17,23)/t12-/m1/s1. The van der Waals surface area contributed by atoms with Gasteiger partial charge in [0.2, 0.25) is 0 Å². The molecule has 7 heteroatoms. The second-order valence-corrected chi connectivity index (χ2v) is 5.59. The van der Waals surface area contributed by atoms with Crippen molar-refractivity contribution in [3.05, 3.63) is 54.4 Å². The summed E-state index contributed by atoms with van der Waals surface area (Å²) in [6, 6.07) is 6.14. The zero-order chi connectivity index (χ0) is 15.8. The van der Waals surface area contributed by atoms with Crippen molar-refractivity contribution in [3.63, 3.8) is 0 Å². The Balaban J connectivity index is 1.76. The molecular weight excluding hydrogens is 292 g/mol. The van der Waals surface area contributed by atoms with Crippen LogP contribution in [0.1, 0.15) is 35.1 Å². The molecule has 0 spiro atoms. The van der Waals surface area contributed by atoms with Crippen molar-refractivity contribution in [2.24, 2.45) is 5.73 Å². The first-order chi connectivity index (χ1) is 11.2. The Morgan fingerprint density at radius 3 is 2.91 bits per heavy atom. The predicted octanol–water partition coefficient (Wildman–Crippen LogP) is 1.56. The number of primary amides is 1. The highest BCUT2D eigenvalue weighted by atomic mass is 16.1. The molecule has 1 aliphatic rings. The van der Waals surface area contributed by atoms with E-state index in [0.717, 1.165) is 30.9 Å². The summed E-state index contributed by atoms with van der Waals surface area (Å²) >= 11 is 0. The van der Waals surface area contributed by atoms with E-state index in [1.54, 1.807) is 10.6 Å². The molecule has 0 bridgehead atoms. The molecule has 3 aromatic heterocycles. The van der Waals surface area contributed by atoms with Crippen LogP contribution in [0.25, 0.3) is 5.65 Å². The van der Waals surface area contributed by atoms with E-state index in [4.69, 9.17) is 5.73 Å². The Kier molecular flexibility index (Phi) is 3.18. The van der Waals surface area contributed by atoms with Gasteiger partial charge < -0.3 is 10.6 Å². The lowest BCUT2D eigenvalue weighted by atomic mass is 10.1. The molecule has 0 saturated carbocycles. The van der Waals surface area contributed by atoms with E-state index in [9.17, 15) is 4.79 Å². The number of hydrogen-bond donors (Lipinski definition) is 1. The highest BCUT2D eigenvalue weighted by molar-refractivity contribution is 5.91. The molecule has 7 nitrogen and oxygen atoms in total. The molecule has 1 saturated heterocycles. The third-order valence-corrected chi connectivity index (χ3v) is 4.21. The minimum atomic E-state index is -0.502. The van der Waals surface area contributed by atoms with Gasteiger partial charge in [-0.2, -0.15) is 0 Å². The zero-order valence-electron chi connectivity index (χ0n) is 12.5. The summed E-state index contributed by atoms with van der Waals surface area (Å²) < 4.78 is 1.69. The number of imidazole rings is 1. The van der Waals surface area contributed by atoms with E-state index < -0.39 is 5.91 Å². The number of nitrogens with zero attached hydrogens (tertiary/aromatic N) is 5. The molecule has 0 aromatic carbocycles. The van der Waals surface area contributed by atoms with Crippen LogP contribution < -0.4 is 10.6 Å². The molecule has 0 aliphatic carbocycles. The number of carbonyl (C=O) groups excluding carboxylic acids is 1. The summed E-state index contributed by atoms with van der Waals surface area (Å²) in [5.41, 5.74) is 7.40. The van der Waals surface area contributed by atoms with Crippen LogP contribution >= 0.6 is 0 Å². The number of hydrogen-bond acceptors (Lipinski definition) is 5. The van der Waals surface area contributed by atoms with Crippen molar-refractivity contribution in [1.29, 1.82) is 0 Å². The van der Waals surface area contributed by atoms with Crippen molar-refractivity contribution in [2.75, 3.05) is 11.4 Å². The minimum absolute atomic E-state index is 0.196. The summed E-state index contributed by atoms with van der Waals surface area (Å²) in [6.07, 6.45) is 8.88. The van der Waals surface area contributed by atoms with Gasteiger partial charge >= 0.3 is 0 Å². The molecule has 4 heterocycles. The lowest BCUT2D eigenvalue weighted by Crippen LogP contribution is -2.25. The van der Waals surface area contributed by atoms with Crippen molar-refractivity contribution < 1.29 is 4.79 Å². The van der Waals surface area contributed by atoms with E-state index in [-0.39, 0.29) is 6.04 Å². The molecule has 23 heavy (non-hydrogen) atoms. The monoisotopic (exact) mass is 308 g/mol. The van der Waals surface area contributed by atoms with Crippen molar-refractivity contribution in [1.82, 2.24) is 19.4 Å². The number of carbonyl (C=O) groups is 1. The zero-order valence-corrected chi connectivity index (χ0v) is 12.5. The first-order valence-corrected chi connectivity index (χ1v) is 7.54. The number of rotatable bonds is 3. The molecule has 0 radical (unpaired) electrons. The molecule has 1 fully saturated rings. The largest absolute Gasteiger partial charge is 0.364 e. The topological polar surface area (TPSA) is 89.4 Å². The van der Waals surface area contributed by atoms with Crippen LogP contribution in [0, 0.1) is 0 Å². The summed E-state index contributed by atoms with van der Waals surface area (Å²) in [5, 5.41) is 0. The van der Waals surface area contributed by atoms with Gasteiger partial charge in [-0.1, -0.05) is 6.07 Å². The molecule has 1 amide bonds. The second kappa shape index (κ2) is 5.35. The summed E-state index contributed by atoms with van der Waals surface area (Å²) in [5.74, 6) is 0.295. The summed E-state index contributed by atoms with van der Waals surface area (Å²) in [4.78, 5) is 26.9. The highest BCUT2D eigenvalue weighted by Crippen LogP contribution is 2.34. The van der Waals surface area contributed by atoms with Crippen LogP contribution in [0.3, 0.4) is 0 Å². The van der Waals surface area contributed by atoms with Crippen molar-refractivity contribution in [2.45, 2.75) is 18.9 Å². The Morgan fingerprint density at radius 1 is 1.22 bits per heavy atom. The van der Waals surface area contributed by atoms with Crippen LogP contribution in [-0.2, 0) is 0 Å². The second-order valence-electron chi connectivity index (χ2n) is 5.59. The van der Waals surface area contributed by atoms with Gasteiger partial charge in [0, 0.05) is 12.7 Å². The fourth-order valence-corrected chi connectivity index (χ4v) is 3.13. The third kappa shape index (κ3) is 2.30. The summed E-state index contributed by atoms with van der Waals surface area (Å²) in [6.45, 7) is 0.903. The first kappa shape index (κ1) is 13.7. The first-order valence-electron chi connectivity index (χ1n) is 7.54. The Hall–Kier alpha value is -2.96. The lowest BCUT2D eigenvalue weighted by Gasteiger charge is -2.25. The van der Waals surface area contributed by atoms with Crippen LogP contribution in [-0.4, -0.2) is 31.8 Å². The molecule has 3 aromatic rings. The maximum atomic E-state index is 11.5. The highest BCUT2D eigenvalue weighted by Gasteiger charge is 2.28. The number of amides is 1. The quantitative estimate of drug-likeness (QED) is 0.793. The van der Waals surface area contributed by atoms with E-state index in [1.807, 2.05) is 30.6 Å². The van der Waals surface area contributed by atoms with Crippen molar-refractivity contribution >= 4 is 17.4 Å². The third-order valence-electron chi connectivity index (χ3n) is 4.21. The Bertz CT molecular complexity index is 859. The van der Waals surface area contributed by atoms with Crippen LogP contribution in [0.5, 0.6) is 0 Å². The number of pyridine rings is 1. The fraction of sp³-hybridized carbons (Fsp3) is 0.250. The van der Waals surface area contributed by atoms with Gasteiger partial charge in [-0.3, -0.25) is 14.2 Å². The normalized spacial score (nSPS) is 17.7. The molecule has 1 aliphatic heterocycles. The van der Waals surface area contributed by atoms with E-state index >= 15 is 0 Å². The van der Waals surface area contributed by atoms with Crippen LogP contribution in [0.15, 0.2) is 43.0 Å². The SMILES string of the molecule is NC(=O)c1cnc2cnc(N3CCC[C@@H]3c3ccccn3)cn12. The Labute approximate surface area is 132 Å². The van der Waals surface area contributed by atoms with Crippen LogP contribution in [0.2, 0.25) is 0 Å². The van der Waals surface area contributed by atoms with Gasteiger partial charge in [0.25, 0.3) is 5.91 Å². The van der Waals surface area contributed by atoms with Gasteiger partial charge in [0.15, 0.2) is 5.65 Å². The molecule has 4 rings (SSSR count). The van der Waals surface area contributed by atoms with Gasteiger partial charge in [-0.05, 0) is 25.0 Å². The minimum Gasteiger partial charge on any atom is -0.364 e. The van der Waals surface area contributed by atoms with Gasteiger partial charge in [-0.15, -0.1) is 0 Å². The summed E-state index contributed by atoms with van der Waals surface area (Å²) in [7, 11) is 0. The fourth-order valence-electron chi connectivity index (χ4n) is 3.13. The van der Waals surface area contributed by atoms with Crippen molar-refractivity contribution in [3.8, 4) is 0 Å². The van der Waals surface area contributed by atoms with E-state index in [0.29, 0.717) is 11.3 Å². The van der Waals surface area contributed by atoms with E-state index in [1.165, 1.54) is 6.20 Å². The maximum Gasteiger partial charge on any atom is 0.267 e. The number of anilines is 1. The van der Waals surface area contributed by atoms with E-state index in [2.05, 4.69) is 19.9 Å². The van der Waals surface area contributed by atoms with Crippen LogP contribution in [0.4, 0.5) is 5.82 Å². The average Bonchev–Trinajstić information content (AvgIpc) is 3.22. The number of nitrogens with two attached hydrogens (primary N) is 1. The number of aromatic nitrogens is 4. The van der Waals surface area contributed by atoms with Gasteiger partial charge in [0.05, 0.1) is 30.3 Å². The Morgan fingerprint density at radius 2 is 2.13 bits per heavy atom. The molecule has 0 unspecified atom stereocenters. The maximum absolute atomic E-state index is 11.5. The molecule has 2 N–H and O–H groups in total. The average molecular weight is 308 g/mol. The predicted molar refractivity (Wildman–Crippen MR) is 85.1 cm³/mol. The van der Waals surface area contributed by atoms with Gasteiger partial charge in [0.1, 0.15) is 11.5 Å². The molecule has 1 atom stereocenters. The lowest BCUT2D eigenvalue weighted by molar-refractivity contribution is 0.0995. The van der Waals surface area contributed by atoms with Gasteiger partial charge in [-0.25, -0.2) is 9.97 Å². The molecule has 116 valence electrons. The molecular formula is C16H16N6O. The number of fused-ring (bicyclic) bond motifs is 1. The smallest absolute Gasteiger partial charge is 0.267 e.